The molecule has 0 saturated carbocycles. The highest BCUT2D eigenvalue weighted by molar-refractivity contribution is 5.32. The molecule has 3 nitrogen and oxygen atoms in total. The molecule has 18 heavy (non-hydrogen) atoms. The number of benzene rings is 1. The molecule has 0 spiro atoms. The minimum absolute atomic E-state index is 0.212. The molecule has 2 aromatic rings. The van der Waals surface area contributed by atoms with Crippen LogP contribution in [-0.2, 0) is 0 Å². The Kier molecular flexibility index (Phi) is 3.11. The Morgan fingerprint density at radius 3 is 2.83 bits per heavy atom. The van der Waals surface area contributed by atoms with E-state index < -0.39 is 0 Å². The Morgan fingerprint density at radius 2 is 2.11 bits per heavy atom. The summed E-state index contributed by atoms with van der Waals surface area (Å²) in [7, 11) is 0. The molecule has 1 atom stereocenters. The molecule has 0 radical (unpaired) electrons. The summed E-state index contributed by atoms with van der Waals surface area (Å²) in [6.07, 6.45) is 6.24. The molecular formula is C14H16FN3. The van der Waals surface area contributed by atoms with Crippen LogP contribution in [0.4, 0.5) is 4.39 Å². The second-order valence-corrected chi connectivity index (χ2v) is 4.73. The first-order chi connectivity index (χ1) is 8.83. The van der Waals surface area contributed by atoms with Crippen molar-refractivity contribution in [2.75, 3.05) is 13.1 Å². The van der Waals surface area contributed by atoms with E-state index in [0.29, 0.717) is 5.92 Å². The maximum absolute atomic E-state index is 12.9. The third-order valence-electron chi connectivity index (χ3n) is 3.44. The number of halogens is 1. The van der Waals surface area contributed by atoms with Crippen molar-refractivity contribution in [2.24, 2.45) is 0 Å². The number of hydrogen-bond donors (Lipinski definition) is 1. The molecular weight excluding hydrogens is 229 g/mol. The van der Waals surface area contributed by atoms with E-state index in [1.54, 1.807) is 18.5 Å². The summed E-state index contributed by atoms with van der Waals surface area (Å²) < 4.78 is 14.8. The number of nitrogens with one attached hydrogen (secondary N) is 1. The number of hydrogen-bond acceptors (Lipinski definition) is 2. The van der Waals surface area contributed by atoms with Crippen LogP contribution in [0, 0.1) is 5.82 Å². The number of rotatable bonds is 2. The zero-order valence-corrected chi connectivity index (χ0v) is 10.1. The second kappa shape index (κ2) is 4.90. The summed E-state index contributed by atoms with van der Waals surface area (Å²) in [5, 5.41) is 3.39. The standard InChI is InChI=1S/C14H16FN3/c15-12-3-5-13(6-4-12)18-9-14(17-10-18)11-2-1-7-16-8-11/h3-6,9-11,16H,1-2,7-8H2/t11-/m1/s1. The molecule has 4 heteroatoms. The van der Waals surface area contributed by atoms with Crippen LogP contribution in [0.5, 0.6) is 0 Å². The van der Waals surface area contributed by atoms with Crippen molar-refractivity contribution in [3.63, 3.8) is 0 Å². The van der Waals surface area contributed by atoms with Crippen molar-refractivity contribution in [1.29, 1.82) is 0 Å². The van der Waals surface area contributed by atoms with Gasteiger partial charge in [-0.2, -0.15) is 0 Å². The molecule has 1 aromatic heterocycles. The van der Waals surface area contributed by atoms with Gasteiger partial charge < -0.3 is 9.88 Å². The smallest absolute Gasteiger partial charge is 0.123 e. The first-order valence-electron chi connectivity index (χ1n) is 6.33. The normalized spacial score (nSPS) is 19.9. The van der Waals surface area contributed by atoms with Crippen LogP contribution in [-0.4, -0.2) is 22.6 Å². The van der Waals surface area contributed by atoms with Gasteiger partial charge in [-0.15, -0.1) is 0 Å². The zero-order chi connectivity index (χ0) is 12.4. The van der Waals surface area contributed by atoms with E-state index >= 15 is 0 Å². The first-order valence-corrected chi connectivity index (χ1v) is 6.33. The lowest BCUT2D eigenvalue weighted by Gasteiger charge is -2.20. The Bertz CT molecular complexity index is 512. The van der Waals surface area contributed by atoms with Gasteiger partial charge in [-0.05, 0) is 43.7 Å². The molecule has 0 amide bonds. The lowest BCUT2D eigenvalue weighted by atomic mass is 9.97. The molecule has 1 saturated heterocycles. The molecule has 2 heterocycles. The maximum Gasteiger partial charge on any atom is 0.123 e. The van der Waals surface area contributed by atoms with Gasteiger partial charge in [0.2, 0.25) is 0 Å². The van der Waals surface area contributed by atoms with Gasteiger partial charge in [-0.1, -0.05) is 0 Å². The highest BCUT2D eigenvalue weighted by Crippen LogP contribution is 2.22. The van der Waals surface area contributed by atoms with Crippen LogP contribution in [0.3, 0.4) is 0 Å². The van der Waals surface area contributed by atoms with Gasteiger partial charge in [0.15, 0.2) is 0 Å². The molecule has 1 aliphatic heterocycles. The predicted octanol–water partition coefficient (Wildman–Crippen LogP) is 2.48. The number of imidazole rings is 1. The van der Waals surface area contributed by atoms with E-state index in [2.05, 4.69) is 10.3 Å². The summed E-state index contributed by atoms with van der Waals surface area (Å²) in [5.41, 5.74) is 2.06. The summed E-state index contributed by atoms with van der Waals surface area (Å²) in [5.74, 6) is 0.288. The molecule has 0 unspecified atom stereocenters. The van der Waals surface area contributed by atoms with Gasteiger partial charge in [-0.3, -0.25) is 0 Å². The van der Waals surface area contributed by atoms with Crippen molar-refractivity contribution in [3.8, 4) is 5.69 Å². The van der Waals surface area contributed by atoms with Crippen molar-refractivity contribution < 1.29 is 4.39 Å². The minimum Gasteiger partial charge on any atom is -0.316 e. The fourth-order valence-corrected chi connectivity index (χ4v) is 2.41. The van der Waals surface area contributed by atoms with Crippen LogP contribution < -0.4 is 5.32 Å². The van der Waals surface area contributed by atoms with Crippen LogP contribution in [0.15, 0.2) is 36.8 Å². The topological polar surface area (TPSA) is 29.9 Å². The number of aromatic nitrogens is 2. The quantitative estimate of drug-likeness (QED) is 0.881. The van der Waals surface area contributed by atoms with E-state index in [1.165, 1.54) is 25.0 Å². The second-order valence-electron chi connectivity index (χ2n) is 4.73. The number of piperidine rings is 1. The molecule has 0 bridgehead atoms. The first kappa shape index (κ1) is 11.4. The maximum atomic E-state index is 12.9. The van der Waals surface area contributed by atoms with E-state index in [1.807, 2.05) is 10.8 Å². The van der Waals surface area contributed by atoms with Gasteiger partial charge in [0.05, 0.1) is 12.0 Å². The van der Waals surface area contributed by atoms with Crippen LogP contribution >= 0.6 is 0 Å². The van der Waals surface area contributed by atoms with Crippen molar-refractivity contribution >= 4 is 0 Å². The summed E-state index contributed by atoms with van der Waals surface area (Å²) in [6.45, 7) is 2.11. The molecule has 1 N–H and O–H groups in total. The van der Waals surface area contributed by atoms with Gasteiger partial charge in [-0.25, -0.2) is 9.37 Å². The monoisotopic (exact) mass is 245 g/mol. The van der Waals surface area contributed by atoms with Gasteiger partial charge in [0, 0.05) is 24.3 Å². The molecule has 0 aliphatic carbocycles. The highest BCUT2D eigenvalue weighted by atomic mass is 19.1. The van der Waals surface area contributed by atoms with Crippen LogP contribution in [0.1, 0.15) is 24.5 Å². The third-order valence-corrected chi connectivity index (χ3v) is 3.44. The molecule has 1 aromatic carbocycles. The Hall–Kier alpha value is -1.68. The highest BCUT2D eigenvalue weighted by Gasteiger charge is 2.17. The zero-order valence-electron chi connectivity index (χ0n) is 10.1. The summed E-state index contributed by atoms with van der Waals surface area (Å²) >= 11 is 0. The molecule has 1 aliphatic rings. The lowest BCUT2D eigenvalue weighted by Crippen LogP contribution is -2.28. The van der Waals surface area contributed by atoms with Crippen molar-refractivity contribution in [3.05, 3.63) is 48.3 Å². The fraction of sp³-hybridized carbons (Fsp3) is 0.357. The lowest BCUT2D eigenvalue weighted by molar-refractivity contribution is 0.455. The Balaban J connectivity index is 1.82. The van der Waals surface area contributed by atoms with E-state index in [9.17, 15) is 4.39 Å². The molecule has 94 valence electrons. The van der Waals surface area contributed by atoms with Crippen molar-refractivity contribution in [1.82, 2.24) is 14.9 Å². The van der Waals surface area contributed by atoms with Gasteiger partial charge in [0.1, 0.15) is 5.82 Å². The Morgan fingerprint density at radius 1 is 1.28 bits per heavy atom. The van der Waals surface area contributed by atoms with E-state index in [4.69, 9.17) is 0 Å². The number of nitrogens with zero attached hydrogens (tertiary/aromatic N) is 2. The van der Waals surface area contributed by atoms with Gasteiger partial charge >= 0.3 is 0 Å². The van der Waals surface area contributed by atoms with E-state index in [0.717, 1.165) is 24.5 Å². The third kappa shape index (κ3) is 2.29. The van der Waals surface area contributed by atoms with Crippen molar-refractivity contribution in [2.45, 2.75) is 18.8 Å². The largest absolute Gasteiger partial charge is 0.316 e. The average molecular weight is 245 g/mol. The minimum atomic E-state index is -0.212. The van der Waals surface area contributed by atoms with Gasteiger partial charge in [0.25, 0.3) is 0 Å². The summed E-state index contributed by atoms with van der Waals surface area (Å²) in [6, 6.07) is 6.47. The Labute approximate surface area is 106 Å². The average Bonchev–Trinajstić information content (AvgIpc) is 2.90. The van der Waals surface area contributed by atoms with Crippen LogP contribution in [0.25, 0.3) is 5.69 Å². The van der Waals surface area contributed by atoms with E-state index in [-0.39, 0.29) is 5.82 Å². The fourth-order valence-electron chi connectivity index (χ4n) is 2.41. The SMILES string of the molecule is Fc1ccc(-n2cnc([C@@H]3CCCNC3)c2)cc1. The molecule has 1 fully saturated rings. The molecule has 3 rings (SSSR count). The predicted molar refractivity (Wildman–Crippen MR) is 68.4 cm³/mol. The van der Waals surface area contributed by atoms with Crippen LogP contribution in [0.2, 0.25) is 0 Å². The summed E-state index contributed by atoms with van der Waals surface area (Å²) in [4.78, 5) is 4.47.